The van der Waals surface area contributed by atoms with Crippen LogP contribution in [-0.4, -0.2) is 21.5 Å². The summed E-state index contributed by atoms with van der Waals surface area (Å²) >= 11 is 4.23. The Balaban J connectivity index is 3.63. The molecular formula is C2H5N3O3S. The summed E-state index contributed by atoms with van der Waals surface area (Å²) in [5.74, 6) is 4.78. The number of carbonyl (C=O) groups is 1. The molecule has 0 unspecified atom stereocenters. The van der Waals surface area contributed by atoms with Crippen molar-refractivity contribution in [3.8, 4) is 0 Å². The highest BCUT2D eigenvalue weighted by atomic mass is 32.1. The van der Waals surface area contributed by atoms with Crippen molar-refractivity contribution in [2.75, 3.05) is 0 Å². The third-order valence-corrected chi connectivity index (χ3v) is 0.574. The van der Waals surface area contributed by atoms with Gasteiger partial charge in [0.05, 0.1) is 0 Å². The Morgan fingerprint density at radius 3 is 2.33 bits per heavy atom. The van der Waals surface area contributed by atoms with Gasteiger partial charge in [-0.3, -0.25) is 4.84 Å². The summed E-state index contributed by atoms with van der Waals surface area (Å²) in [5, 5.41) is 7.80. The highest BCUT2D eigenvalue weighted by Crippen LogP contribution is 1.80. The standard InChI is InChI=1S/C2H5N3O3S/c3-1(9)5(4)8-2(6)7/h4H2,(H2,3,9)(H,6,7). The molecule has 0 aromatic heterocycles. The molecule has 6 nitrogen and oxygen atoms in total. The molecule has 0 atom stereocenters. The molecule has 7 heteroatoms. The fourth-order valence-corrected chi connectivity index (χ4v) is 0.166. The molecule has 0 spiro atoms. The van der Waals surface area contributed by atoms with Crippen LogP contribution in [0.2, 0.25) is 0 Å². The molecule has 0 saturated heterocycles. The van der Waals surface area contributed by atoms with Gasteiger partial charge in [-0.2, -0.15) is 0 Å². The van der Waals surface area contributed by atoms with Gasteiger partial charge in [0, 0.05) is 0 Å². The highest BCUT2D eigenvalue weighted by Gasteiger charge is 2.04. The summed E-state index contributed by atoms with van der Waals surface area (Å²) < 4.78 is 0. The van der Waals surface area contributed by atoms with Crippen molar-refractivity contribution in [2.45, 2.75) is 0 Å². The third-order valence-electron chi connectivity index (χ3n) is 0.394. The molecule has 0 aromatic rings. The van der Waals surface area contributed by atoms with Crippen LogP contribution in [0.4, 0.5) is 4.79 Å². The minimum absolute atomic E-state index is 0.275. The van der Waals surface area contributed by atoms with E-state index in [1.807, 2.05) is 0 Å². The van der Waals surface area contributed by atoms with Gasteiger partial charge in [0.2, 0.25) is 5.11 Å². The first-order valence-corrected chi connectivity index (χ1v) is 2.20. The maximum absolute atomic E-state index is 9.66. The molecule has 0 heterocycles. The number of carboxylic acid groups (broad SMARTS) is 1. The maximum atomic E-state index is 9.66. The monoisotopic (exact) mass is 151 g/mol. The Morgan fingerprint density at radius 1 is 1.78 bits per heavy atom. The van der Waals surface area contributed by atoms with Gasteiger partial charge in [-0.1, -0.05) is 0 Å². The number of hydrazine groups is 1. The highest BCUT2D eigenvalue weighted by molar-refractivity contribution is 7.80. The largest absolute Gasteiger partial charge is 0.532 e. The lowest BCUT2D eigenvalue weighted by Gasteiger charge is -2.10. The van der Waals surface area contributed by atoms with Crippen LogP contribution in [0, 0.1) is 0 Å². The van der Waals surface area contributed by atoms with Crippen LogP contribution in [-0.2, 0) is 4.84 Å². The number of rotatable bonds is 0. The molecule has 52 valence electrons. The number of hydroxylamine groups is 1. The molecule has 0 fully saturated rings. The second-order valence-corrected chi connectivity index (χ2v) is 1.44. The first-order valence-electron chi connectivity index (χ1n) is 1.79. The SMILES string of the molecule is NC(=S)N(N)OC(=O)O. The Labute approximate surface area is 55.9 Å². The van der Waals surface area contributed by atoms with Crippen LogP contribution in [0.3, 0.4) is 0 Å². The number of nitrogens with zero attached hydrogens (tertiary/aromatic N) is 1. The lowest BCUT2D eigenvalue weighted by Crippen LogP contribution is -2.42. The van der Waals surface area contributed by atoms with Crippen molar-refractivity contribution in [1.82, 2.24) is 5.17 Å². The van der Waals surface area contributed by atoms with Gasteiger partial charge in [-0.15, -0.1) is 5.17 Å². The molecule has 0 aliphatic carbocycles. The summed E-state index contributed by atoms with van der Waals surface area (Å²) in [5.41, 5.74) is 4.83. The van der Waals surface area contributed by atoms with Gasteiger partial charge in [0.25, 0.3) is 0 Å². The third kappa shape index (κ3) is 3.50. The van der Waals surface area contributed by atoms with Crippen LogP contribution >= 0.6 is 12.2 Å². The van der Waals surface area contributed by atoms with Crippen LogP contribution in [0.1, 0.15) is 0 Å². The van der Waals surface area contributed by atoms with Crippen molar-refractivity contribution in [1.29, 1.82) is 0 Å². The van der Waals surface area contributed by atoms with Crippen LogP contribution in [0.5, 0.6) is 0 Å². The van der Waals surface area contributed by atoms with E-state index >= 15 is 0 Å². The van der Waals surface area contributed by atoms with E-state index in [0.717, 1.165) is 0 Å². The number of hydrogen-bond donors (Lipinski definition) is 3. The molecule has 0 aromatic carbocycles. The molecule has 0 radical (unpaired) electrons. The van der Waals surface area contributed by atoms with E-state index in [-0.39, 0.29) is 10.3 Å². The Bertz CT molecular complexity index is 137. The molecule has 9 heavy (non-hydrogen) atoms. The summed E-state index contributed by atoms with van der Waals surface area (Å²) in [4.78, 5) is 13.4. The fourth-order valence-electron chi connectivity index (χ4n) is 0.129. The fraction of sp³-hybridized carbons (Fsp3) is 0. The zero-order valence-electron chi connectivity index (χ0n) is 4.27. The van der Waals surface area contributed by atoms with Crippen molar-refractivity contribution in [3.05, 3.63) is 0 Å². The van der Waals surface area contributed by atoms with E-state index in [0.29, 0.717) is 0 Å². The summed E-state index contributed by atoms with van der Waals surface area (Å²) in [6, 6.07) is 0. The topological polar surface area (TPSA) is 102 Å². The van der Waals surface area contributed by atoms with Gasteiger partial charge in [-0.05, 0) is 12.2 Å². The Morgan fingerprint density at radius 2 is 2.22 bits per heavy atom. The van der Waals surface area contributed by atoms with Crippen LogP contribution < -0.4 is 11.6 Å². The van der Waals surface area contributed by atoms with Crippen LogP contribution in [0.15, 0.2) is 0 Å². The zero-order chi connectivity index (χ0) is 7.44. The van der Waals surface area contributed by atoms with Gasteiger partial charge >= 0.3 is 6.16 Å². The molecule has 0 aliphatic heterocycles. The molecule has 0 rings (SSSR count). The van der Waals surface area contributed by atoms with Gasteiger partial charge in [0.1, 0.15) is 0 Å². The molecule has 0 aliphatic rings. The molecule has 0 bridgehead atoms. The quantitative estimate of drug-likeness (QED) is 0.232. The van der Waals surface area contributed by atoms with Crippen molar-refractivity contribution in [3.63, 3.8) is 0 Å². The van der Waals surface area contributed by atoms with E-state index in [2.05, 4.69) is 17.1 Å². The molecular weight excluding hydrogens is 146 g/mol. The lowest BCUT2D eigenvalue weighted by atomic mass is 11.2. The second-order valence-electron chi connectivity index (χ2n) is 1.02. The zero-order valence-corrected chi connectivity index (χ0v) is 5.09. The van der Waals surface area contributed by atoms with Crippen molar-refractivity contribution >= 4 is 23.5 Å². The van der Waals surface area contributed by atoms with Crippen molar-refractivity contribution < 1.29 is 14.7 Å². The first kappa shape index (κ1) is 7.92. The predicted molar refractivity (Wildman–Crippen MR) is 31.9 cm³/mol. The number of thiocarbonyl (C=S) groups is 1. The summed E-state index contributed by atoms with van der Waals surface area (Å²) in [6.07, 6.45) is -1.56. The molecule has 0 saturated carbocycles. The molecule has 0 amide bonds. The van der Waals surface area contributed by atoms with Crippen LogP contribution in [0.25, 0.3) is 0 Å². The predicted octanol–water partition coefficient (Wildman–Crippen LogP) is -0.985. The Hall–Kier alpha value is -1.08. The second kappa shape index (κ2) is 3.05. The smallest absolute Gasteiger partial charge is 0.448 e. The lowest BCUT2D eigenvalue weighted by molar-refractivity contribution is -0.0628. The van der Waals surface area contributed by atoms with Gasteiger partial charge < -0.3 is 10.8 Å². The van der Waals surface area contributed by atoms with E-state index in [4.69, 9.17) is 16.7 Å². The first-order chi connectivity index (χ1) is 4.04. The number of nitrogens with two attached hydrogens (primary N) is 2. The van der Waals surface area contributed by atoms with E-state index in [1.165, 1.54) is 0 Å². The average Bonchev–Trinajstić information content (AvgIpc) is 1.63. The van der Waals surface area contributed by atoms with Gasteiger partial charge in [-0.25, -0.2) is 10.6 Å². The summed E-state index contributed by atoms with van der Waals surface area (Å²) in [7, 11) is 0. The van der Waals surface area contributed by atoms with E-state index < -0.39 is 6.16 Å². The van der Waals surface area contributed by atoms with E-state index in [1.54, 1.807) is 0 Å². The molecule has 5 N–H and O–H groups in total. The van der Waals surface area contributed by atoms with E-state index in [9.17, 15) is 4.79 Å². The van der Waals surface area contributed by atoms with Gasteiger partial charge in [0.15, 0.2) is 0 Å². The normalized spacial score (nSPS) is 8.11. The van der Waals surface area contributed by atoms with Crippen molar-refractivity contribution in [2.24, 2.45) is 11.6 Å². The number of hydrogen-bond acceptors (Lipinski definition) is 4. The average molecular weight is 151 g/mol. The summed E-state index contributed by atoms with van der Waals surface area (Å²) in [6.45, 7) is 0. The minimum atomic E-state index is -1.56. The minimum Gasteiger partial charge on any atom is -0.448 e. The maximum Gasteiger partial charge on any atom is 0.532 e. The Kier molecular flexibility index (Phi) is 2.68.